The molecule has 0 heterocycles. The van der Waals surface area contributed by atoms with Gasteiger partial charge in [-0.3, -0.25) is 0 Å². The van der Waals surface area contributed by atoms with Crippen LogP contribution in [0.3, 0.4) is 0 Å². The van der Waals surface area contributed by atoms with E-state index in [4.69, 9.17) is 5.26 Å². The quantitative estimate of drug-likeness (QED) is 0.823. The summed E-state index contributed by atoms with van der Waals surface area (Å²) < 4.78 is 0. The highest BCUT2D eigenvalue weighted by molar-refractivity contribution is 5.63. The van der Waals surface area contributed by atoms with Crippen LogP contribution in [0.15, 0.2) is 54.6 Å². The molecule has 1 atom stereocenters. The minimum Gasteiger partial charge on any atom is -0.301 e. The molecule has 0 aliphatic heterocycles. The standard InChI is InChI=1S/C17H18N2/c1-19(2)17(12-13-18)16-10-8-15(9-11-16)14-6-4-3-5-7-14/h3-11,17H,12H2,1-2H3. The van der Waals surface area contributed by atoms with Gasteiger partial charge in [-0.15, -0.1) is 0 Å². The van der Waals surface area contributed by atoms with Gasteiger partial charge in [0, 0.05) is 6.04 Å². The van der Waals surface area contributed by atoms with E-state index < -0.39 is 0 Å². The molecule has 0 spiro atoms. The summed E-state index contributed by atoms with van der Waals surface area (Å²) in [5, 5.41) is 8.90. The van der Waals surface area contributed by atoms with Gasteiger partial charge in [0.2, 0.25) is 0 Å². The number of nitrogens with zero attached hydrogens (tertiary/aromatic N) is 2. The highest BCUT2D eigenvalue weighted by atomic mass is 15.1. The summed E-state index contributed by atoms with van der Waals surface area (Å²) in [6, 6.07) is 21.2. The summed E-state index contributed by atoms with van der Waals surface area (Å²) in [7, 11) is 4.01. The molecule has 0 aliphatic carbocycles. The average molecular weight is 250 g/mol. The van der Waals surface area contributed by atoms with Crippen molar-refractivity contribution in [3.8, 4) is 17.2 Å². The molecule has 0 N–H and O–H groups in total. The lowest BCUT2D eigenvalue weighted by atomic mass is 9.99. The van der Waals surface area contributed by atoms with E-state index in [1.54, 1.807) is 0 Å². The third-order valence-electron chi connectivity index (χ3n) is 3.31. The third kappa shape index (κ3) is 3.21. The fourth-order valence-corrected chi connectivity index (χ4v) is 2.21. The van der Waals surface area contributed by atoms with Gasteiger partial charge in [-0.1, -0.05) is 54.6 Å². The summed E-state index contributed by atoms with van der Waals surface area (Å²) in [5.41, 5.74) is 3.61. The van der Waals surface area contributed by atoms with Crippen LogP contribution in [-0.4, -0.2) is 19.0 Å². The van der Waals surface area contributed by atoms with Gasteiger partial charge in [0.25, 0.3) is 0 Å². The van der Waals surface area contributed by atoms with Gasteiger partial charge >= 0.3 is 0 Å². The Morgan fingerprint density at radius 2 is 1.53 bits per heavy atom. The van der Waals surface area contributed by atoms with E-state index in [-0.39, 0.29) is 6.04 Å². The van der Waals surface area contributed by atoms with Gasteiger partial charge < -0.3 is 4.90 Å². The fourth-order valence-electron chi connectivity index (χ4n) is 2.21. The number of rotatable bonds is 4. The molecule has 2 aromatic rings. The highest BCUT2D eigenvalue weighted by Crippen LogP contribution is 2.25. The SMILES string of the molecule is CN(C)C(CC#N)c1ccc(-c2ccccc2)cc1. The van der Waals surface area contributed by atoms with Crippen molar-refractivity contribution < 1.29 is 0 Å². The molecule has 2 rings (SSSR count). The van der Waals surface area contributed by atoms with Crippen LogP contribution >= 0.6 is 0 Å². The molecule has 0 bridgehead atoms. The Kier molecular flexibility index (Phi) is 4.33. The van der Waals surface area contributed by atoms with Crippen molar-refractivity contribution in [2.45, 2.75) is 12.5 Å². The van der Waals surface area contributed by atoms with E-state index >= 15 is 0 Å². The molecule has 0 radical (unpaired) electrons. The van der Waals surface area contributed by atoms with Gasteiger partial charge in [0.05, 0.1) is 12.5 Å². The van der Waals surface area contributed by atoms with Gasteiger partial charge in [-0.05, 0) is 30.8 Å². The van der Waals surface area contributed by atoms with E-state index in [2.05, 4.69) is 47.4 Å². The lowest BCUT2D eigenvalue weighted by Gasteiger charge is -2.22. The molecule has 0 aromatic heterocycles. The maximum Gasteiger partial charge on any atom is 0.0641 e. The predicted octanol–water partition coefficient (Wildman–Crippen LogP) is 3.87. The van der Waals surface area contributed by atoms with Crippen molar-refractivity contribution in [2.24, 2.45) is 0 Å². The molecule has 2 heteroatoms. The number of hydrogen-bond donors (Lipinski definition) is 0. The van der Waals surface area contributed by atoms with Gasteiger partial charge in [-0.25, -0.2) is 0 Å². The van der Waals surface area contributed by atoms with E-state index in [0.29, 0.717) is 6.42 Å². The van der Waals surface area contributed by atoms with Gasteiger partial charge in [0.15, 0.2) is 0 Å². The van der Waals surface area contributed by atoms with Crippen LogP contribution in [0.25, 0.3) is 11.1 Å². The highest BCUT2D eigenvalue weighted by Gasteiger charge is 2.13. The van der Waals surface area contributed by atoms with E-state index in [0.717, 1.165) is 0 Å². The monoisotopic (exact) mass is 250 g/mol. The predicted molar refractivity (Wildman–Crippen MR) is 78.5 cm³/mol. The average Bonchev–Trinajstić information content (AvgIpc) is 2.46. The van der Waals surface area contributed by atoms with Gasteiger partial charge in [0.1, 0.15) is 0 Å². The van der Waals surface area contributed by atoms with Crippen molar-refractivity contribution in [1.82, 2.24) is 4.90 Å². The molecule has 0 saturated carbocycles. The van der Waals surface area contributed by atoms with Crippen molar-refractivity contribution in [2.75, 3.05) is 14.1 Å². The summed E-state index contributed by atoms with van der Waals surface area (Å²) >= 11 is 0. The second-order valence-electron chi connectivity index (χ2n) is 4.83. The van der Waals surface area contributed by atoms with E-state index in [9.17, 15) is 0 Å². The van der Waals surface area contributed by atoms with Crippen LogP contribution in [-0.2, 0) is 0 Å². The first kappa shape index (κ1) is 13.3. The molecule has 0 aliphatic rings. The summed E-state index contributed by atoms with van der Waals surface area (Å²) in [6.07, 6.45) is 0.512. The minimum atomic E-state index is 0.162. The zero-order valence-corrected chi connectivity index (χ0v) is 11.4. The molecule has 0 amide bonds. The lowest BCUT2D eigenvalue weighted by Crippen LogP contribution is -2.19. The third-order valence-corrected chi connectivity index (χ3v) is 3.31. The number of nitriles is 1. The molecule has 1 unspecified atom stereocenters. The second-order valence-corrected chi connectivity index (χ2v) is 4.83. The van der Waals surface area contributed by atoms with Crippen LogP contribution < -0.4 is 0 Å². The first-order valence-electron chi connectivity index (χ1n) is 6.41. The van der Waals surface area contributed by atoms with Crippen LogP contribution in [0, 0.1) is 11.3 Å². The Morgan fingerprint density at radius 1 is 0.947 bits per heavy atom. The summed E-state index contributed by atoms with van der Waals surface area (Å²) in [4.78, 5) is 2.08. The molecular weight excluding hydrogens is 232 g/mol. The summed E-state index contributed by atoms with van der Waals surface area (Å²) in [5.74, 6) is 0. The van der Waals surface area contributed by atoms with Crippen molar-refractivity contribution in [3.05, 3.63) is 60.2 Å². The molecule has 19 heavy (non-hydrogen) atoms. The first-order chi connectivity index (χ1) is 9.22. The Morgan fingerprint density at radius 3 is 2.05 bits per heavy atom. The molecule has 96 valence electrons. The van der Waals surface area contributed by atoms with Crippen LogP contribution in [0.2, 0.25) is 0 Å². The van der Waals surface area contributed by atoms with Crippen LogP contribution in [0.1, 0.15) is 18.0 Å². The van der Waals surface area contributed by atoms with Crippen LogP contribution in [0.5, 0.6) is 0 Å². The molecular formula is C17H18N2. The zero-order valence-electron chi connectivity index (χ0n) is 11.4. The van der Waals surface area contributed by atoms with Gasteiger partial charge in [-0.2, -0.15) is 5.26 Å². The number of hydrogen-bond acceptors (Lipinski definition) is 2. The molecule has 0 fully saturated rings. The Balaban J connectivity index is 2.25. The van der Waals surface area contributed by atoms with E-state index in [1.165, 1.54) is 16.7 Å². The molecule has 2 nitrogen and oxygen atoms in total. The smallest absolute Gasteiger partial charge is 0.0641 e. The Hall–Kier alpha value is -2.11. The van der Waals surface area contributed by atoms with Crippen molar-refractivity contribution >= 4 is 0 Å². The summed E-state index contributed by atoms with van der Waals surface area (Å²) in [6.45, 7) is 0. The van der Waals surface area contributed by atoms with E-state index in [1.807, 2.05) is 32.3 Å². The maximum atomic E-state index is 8.90. The zero-order chi connectivity index (χ0) is 13.7. The Labute approximate surface area is 114 Å². The van der Waals surface area contributed by atoms with Crippen molar-refractivity contribution in [3.63, 3.8) is 0 Å². The first-order valence-corrected chi connectivity index (χ1v) is 6.41. The van der Waals surface area contributed by atoms with Crippen LogP contribution in [0.4, 0.5) is 0 Å². The largest absolute Gasteiger partial charge is 0.301 e. The van der Waals surface area contributed by atoms with Crippen molar-refractivity contribution in [1.29, 1.82) is 5.26 Å². The molecule has 0 saturated heterocycles. The second kappa shape index (κ2) is 6.17. The molecule has 2 aromatic carbocycles. The normalized spacial score (nSPS) is 12.1. The lowest BCUT2D eigenvalue weighted by molar-refractivity contribution is 0.303. The fraction of sp³-hybridized carbons (Fsp3) is 0.235. The Bertz CT molecular complexity index is 550. The number of benzene rings is 2. The maximum absolute atomic E-state index is 8.90. The minimum absolute atomic E-state index is 0.162. The topological polar surface area (TPSA) is 27.0 Å².